The fourth-order valence-corrected chi connectivity index (χ4v) is 5.19. The van der Waals surface area contributed by atoms with Crippen LogP contribution in [0.4, 0.5) is 0 Å². The summed E-state index contributed by atoms with van der Waals surface area (Å²) in [4.78, 5) is 5.04. The van der Waals surface area contributed by atoms with E-state index < -0.39 is 0 Å². The van der Waals surface area contributed by atoms with Gasteiger partial charge in [0.05, 0.1) is 4.70 Å². The Bertz CT molecular complexity index is 1540. The van der Waals surface area contributed by atoms with E-state index in [-0.39, 0.29) is 0 Å². The largest absolute Gasteiger partial charge is 0.696 e. The molecule has 0 N–H and O–H groups in total. The molecule has 0 bridgehead atoms. The monoisotopic (exact) mass is 499 g/mol. The van der Waals surface area contributed by atoms with E-state index in [0.29, 0.717) is 0 Å². The van der Waals surface area contributed by atoms with Crippen LogP contribution in [0.15, 0.2) is 127 Å². The van der Waals surface area contributed by atoms with Crippen LogP contribution < -0.4 is 4.57 Å². The van der Waals surface area contributed by atoms with Crippen molar-refractivity contribution in [2.24, 2.45) is 0 Å². The van der Waals surface area contributed by atoms with Crippen LogP contribution in [0.1, 0.15) is 0 Å². The van der Waals surface area contributed by atoms with Gasteiger partial charge in [-0.25, -0.2) is 5.26 Å². The van der Waals surface area contributed by atoms with Crippen molar-refractivity contribution in [2.45, 2.75) is 0 Å². The standard InChI is InChI=1S/C30H21N2S.CHNS/c1-4-12-22(13-5-1)25-20-27(23-14-6-2-7-15-23)32(28(21-25)24-16-8-3-9-17-24)30-31-26-18-10-11-19-29(26)33-30;2-1-3/h1-21H;3H/q+1;/p-1. The molecule has 36 heavy (non-hydrogen) atoms. The van der Waals surface area contributed by atoms with Crippen LogP contribution in [0.2, 0.25) is 0 Å². The van der Waals surface area contributed by atoms with Crippen molar-refractivity contribution in [3.63, 3.8) is 0 Å². The molecule has 0 radical (unpaired) electrons. The van der Waals surface area contributed by atoms with Gasteiger partial charge in [-0.05, 0) is 51.7 Å². The number of benzene rings is 4. The highest BCUT2D eigenvalue weighted by Gasteiger charge is 2.25. The lowest BCUT2D eigenvalue weighted by atomic mass is 9.99. The Morgan fingerprint density at radius 3 is 1.56 bits per heavy atom. The number of thiocyanates is 1. The van der Waals surface area contributed by atoms with Crippen molar-refractivity contribution in [1.29, 1.82) is 5.26 Å². The summed E-state index contributed by atoms with van der Waals surface area (Å²) in [5, 5.41) is 9.43. The van der Waals surface area contributed by atoms with Crippen LogP contribution in [-0.4, -0.2) is 4.98 Å². The van der Waals surface area contributed by atoms with Gasteiger partial charge in [0.25, 0.3) is 0 Å². The quantitative estimate of drug-likeness (QED) is 0.143. The van der Waals surface area contributed by atoms with Gasteiger partial charge in [-0.15, -0.1) is 0 Å². The van der Waals surface area contributed by atoms with Crippen molar-refractivity contribution in [3.8, 4) is 44.2 Å². The summed E-state index contributed by atoms with van der Waals surface area (Å²) in [6.07, 6.45) is 0. The van der Waals surface area contributed by atoms with E-state index in [1.165, 1.54) is 21.2 Å². The van der Waals surface area contributed by atoms with Gasteiger partial charge in [-0.2, -0.15) is 4.57 Å². The number of nitrogens with zero attached hydrogens (tertiary/aromatic N) is 3. The second-order valence-corrected chi connectivity index (χ2v) is 9.20. The third-order valence-corrected chi connectivity index (χ3v) is 6.81. The number of fused-ring (bicyclic) bond motifs is 1. The molecule has 6 aromatic rings. The van der Waals surface area contributed by atoms with Gasteiger partial charge in [0.1, 0.15) is 11.4 Å². The summed E-state index contributed by atoms with van der Waals surface area (Å²) in [6.45, 7) is 0. The maximum Gasteiger partial charge on any atom is 0.389 e. The molecule has 6 rings (SSSR count). The molecule has 2 heterocycles. The van der Waals surface area contributed by atoms with Gasteiger partial charge in [-0.1, -0.05) is 109 Å². The second-order valence-electron chi connectivity index (χ2n) is 8.00. The zero-order chi connectivity index (χ0) is 24.7. The average molecular weight is 500 g/mol. The van der Waals surface area contributed by atoms with E-state index in [4.69, 9.17) is 10.2 Å². The number of rotatable bonds is 4. The third kappa shape index (κ3) is 4.87. The highest BCUT2D eigenvalue weighted by atomic mass is 32.1. The first-order valence-electron chi connectivity index (χ1n) is 11.4. The summed E-state index contributed by atoms with van der Waals surface area (Å²) in [7, 11) is 0. The maximum atomic E-state index is 7.13. The molecule has 0 saturated heterocycles. The van der Waals surface area contributed by atoms with Crippen molar-refractivity contribution in [3.05, 3.63) is 127 Å². The first kappa shape index (κ1) is 23.4. The van der Waals surface area contributed by atoms with E-state index in [2.05, 4.69) is 139 Å². The smallest absolute Gasteiger partial charge is 0.389 e. The predicted octanol–water partition coefficient (Wildman–Crippen LogP) is 7.59. The predicted molar refractivity (Wildman–Crippen MR) is 150 cm³/mol. The summed E-state index contributed by atoms with van der Waals surface area (Å²) in [5.74, 6) is 0. The second kappa shape index (κ2) is 10.9. The molecule has 0 aliphatic heterocycles. The number of thiazole rings is 1. The fraction of sp³-hybridized carbons (Fsp3) is 0. The average Bonchev–Trinajstić information content (AvgIpc) is 3.38. The van der Waals surface area contributed by atoms with Gasteiger partial charge in [0, 0.05) is 11.1 Å². The normalized spacial score (nSPS) is 10.3. The lowest BCUT2D eigenvalue weighted by molar-refractivity contribution is -0.571. The van der Waals surface area contributed by atoms with E-state index in [9.17, 15) is 0 Å². The van der Waals surface area contributed by atoms with Crippen LogP contribution in [-0.2, 0) is 12.6 Å². The van der Waals surface area contributed by atoms with Crippen LogP contribution in [0, 0.1) is 10.7 Å². The Balaban J connectivity index is 0.000000848. The Hall–Kier alpha value is -4.37. The summed E-state index contributed by atoms with van der Waals surface area (Å²) >= 11 is 5.42. The molecular weight excluding hydrogens is 478 g/mol. The molecule has 5 heteroatoms. The van der Waals surface area contributed by atoms with Crippen LogP contribution >= 0.6 is 11.3 Å². The first-order chi connectivity index (χ1) is 17.8. The molecule has 0 spiro atoms. The Morgan fingerprint density at radius 2 is 1.06 bits per heavy atom. The van der Waals surface area contributed by atoms with Crippen LogP contribution in [0.5, 0.6) is 0 Å². The molecule has 3 nitrogen and oxygen atoms in total. The summed E-state index contributed by atoms with van der Waals surface area (Å²) in [6, 6.07) is 44.6. The van der Waals surface area contributed by atoms with Crippen molar-refractivity contribution in [2.75, 3.05) is 0 Å². The molecule has 2 aromatic heterocycles. The molecule has 4 aromatic carbocycles. The van der Waals surface area contributed by atoms with Crippen LogP contribution in [0.25, 0.3) is 49.0 Å². The summed E-state index contributed by atoms with van der Waals surface area (Å²) < 4.78 is 3.49. The number of pyridine rings is 1. The molecule has 172 valence electrons. The third-order valence-electron chi connectivity index (χ3n) is 5.79. The minimum Gasteiger partial charge on any atom is -0.696 e. The Kier molecular flexibility index (Phi) is 7.09. The number of para-hydroxylation sites is 1. The molecule has 0 saturated carbocycles. The lowest BCUT2D eigenvalue weighted by Gasteiger charge is -2.14. The van der Waals surface area contributed by atoms with Gasteiger partial charge < -0.3 is 12.6 Å². The topological polar surface area (TPSA) is 40.6 Å². The highest BCUT2D eigenvalue weighted by Crippen LogP contribution is 2.32. The maximum absolute atomic E-state index is 7.13. The zero-order valence-electron chi connectivity index (χ0n) is 19.3. The van der Waals surface area contributed by atoms with E-state index in [0.717, 1.165) is 33.2 Å². The van der Waals surface area contributed by atoms with E-state index >= 15 is 0 Å². The number of hydrogen-bond donors (Lipinski definition) is 0. The molecular formula is C31H21N3S2. The Labute approximate surface area is 220 Å². The number of hydrogen-bond acceptors (Lipinski definition) is 4. The minimum atomic E-state index is 0.966. The molecule has 0 aliphatic carbocycles. The van der Waals surface area contributed by atoms with Gasteiger partial charge >= 0.3 is 5.13 Å². The Morgan fingerprint density at radius 1 is 0.611 bits per heavy atom. The zero-order valence-corrected chi connectivity index (χ0v) is 20.9. The van der Waals surface area contributed by atoms with Crippen molar-refractivity contribution < 1.29 is 4.57 Å². The molecule has 0 atom stereocenters. The van der Waals surface area contributed by atoms with Crippen LogP contribution in [0.3, 0.4) is 0 Å². The first-order valence-corrected chi connectivity index (χ1v) is 12.6. The van der Waals surface area contributed by atoms with Gasteiger partial charge in [-0.3, -0.25) is 0 Å². The molecule has 0 unspecified atom stereocenters. The van der Waals surface area contributed by atoms with E-state index in [1.54, 1.807) is 11.3 Å². The van der Waals surface area contributed by atoms with Crippen molar-refractivity contribution >= 4 is 34.2 Å². The highest BCUT2D eigenvalue weighted by molar-refractivity contribution is 7.64. The van der Waals surface area contributed by atoms with Gasteiger partial charge in [0.15, 0.2) is 5.52 Å². The minimum absolute atomic E-state index is 0.966. The SMILES string of the molecule is N#C[S-].c1ccc(-c2cc(-c3ccccc3)[n+](-c3nc4ccccc4s3)c(-c3ccccc3)c2)cc1. The van der Waals surface area contributed by atoms with Gasteiger partial charge in [0.2, 0.25) is 0 Å². The summed E-state index contributed by atoms with van der Waals surface area (Å²) in [5.41, 5.74) is 7.97. The number of nitriles is 1. The fourth-order valence-electron chi connectivity index (χ4n) is 4.20. The molecule has 0 fully saturated rings. The van der Waals surface area contributed by atoms with Crippen molar-refractivity contribution in [1.82, 2.24) is 4.98 Å². The van der Waals surface area contributed by atoms with E-state index in [1.807, 2.05) is 6.07 Å². The molecule has 0 aliphatic rings. The lowest BCUT2D eigenvalue weighted by Crippen LogP contribution is -2.36. The molecule has 0 amide bonds. The number of aromatic nitrogens is 2.